The van der Waals surface area contributed by atoms with Gasteiger partial charge < -0.3 is 5.11 Å². The lowest BCUT2D eigenvalue weighted by molar-refractivity contribution is 0.108. The van der Waals surface area contributed by atoms with Crippen molar-refractivity contribution in [2.75, 3.05) is 39.3 Å². The van der Waals surface area contributed by atoms with Crippen molar-refractivity contribution < 1.29 is 5.11 Å². The summed E-state index contributed by atoms with van der Waals surface area (Å²) in [5, 5.41) is 14.4. The molecule has 0 radical (unpaired) electrons. The minimum absolute atomic E-state index is 0.229. The first-order valence-corrected chi connectivity index (χ1v) is 8.39. The number of rotatable bonds is 5. The van der Waals surface area contributed by atoms with Crippen molar-refractivity contribution in [3.63, 3.8) is 0 Å². The van der Waals surface area contributed by atoms with Crippen LogP contribution in [0.5, 0.6) is 0 Å². The quantitative estimate of drug-likeness (QED) is 0.906. The van der Waals surface area contributed by atoms with Gasteiger partial charge in [0.1, 0.15) is 5.15 Å². The van der Waals surface area contributed by atoms with E-state index in [1.807, 2.05) is 25.2 Å². The van der Waals surface area contributed by atoms with Gasteiger partial charge in [-0.05, 0) is 0 Å². The molecule has 1 aliphatic heterocycles. The van der Waals surface area contributed by atoms with Gasteiger partial charge in [0.25, 0.3) is 0 Å². The number of benzene rings is 1. The highest BCUT2D eigenvalue weighted by molar-refractivity contribution is 6.30. The van der Waals surface area contributed by atoms with E-state index in [-0.39, 0.29) is 6.61 Å². The summed E-state index contributed by atoms with van der Waals surface area (Å²) in [4.78, 5) is 4.70. The standard InChI is InChI=1S/C17H23ClN4O/c1-20-17(18)15(16(19-20)14-5-3-2-4-6-14)13-22-9-7-21(8-10-22)11-12-23/h2-6,23H,7-13H2,1H3. The third-order valence-corrected chi connectivity index (χ3v) is 4.85. The molecule has 1 aromatic heterocycles. The number of halogens is 1. The van der Waals surface area contributed by atoms with Crippen LogP contribution in [0.15, 0.2) is 30.3 Å². The largest absolute Gasteiger partial charge is 0.395 e. The van der Waals surface area contributed by atoms with Gasteiger partial charge in [-0.25, -0.2) is 0 Å². The van der Waals surface area contributed by atoms with Crippen LogP contribution in [0.25, 0.3) is 11.3 Å². The molecule has 23 heavy (non-hydrogen) atoms. The highest BCUT2D eigenvalue weighted by Crippen LogP contribution is 2.29. The molecule has 124 valence electrons. The average Bonchev–Trinajstić information content (AvgIpc) is 2.86. The summed E-state index contributed by atoms with van der Waals surface area (Å²) in [6.07, 6.45) is 0. The number of aliphatic hydroxyl groups excluding tert-OH is 1. The van der Waals surface area contributed by atoms with Gasteiger partial charge in [0, 0.05) is 57.4 Å². The lowest BCUT2D eigenvalue weighted by atomic mass is 10.1. The smallest absolute Gasteiger partial charge is 0.131 e. The number of aromatic nitrogens is 2. The topological polar surface area (TPSA) is 44.5 Å². The molecule has 1 saturated heterocycles. The monoisotopic (exact) mass is 334 g/mol. The van der Waals surface area contributed by atoms with Crippen LogP contribution < -0.4 is 0 Å². The molecule has 1 aliphatic rings. The second-order valence-electron chi connectivity index (χ2n) is 5.95. The molecule has 0 spiro atoms. The molecule has 1 aromatic carbocycles. The summed E-state index contributed by atoms with van der Waals surface area (Å²) in [7, 11) is 1.89. The van der Waals surface area contributed by atoms with Gasteiger partial charge >= 0.3 is 0 Å². The van der Waals surface area contributed by atoms with Crippen molar-refractivity contribution >= 4 is 11.6 Å². The first-order chi connectivity index (χ1) is 11.2. The normalized spacial score (nSPS) is 16.8. The Bertz CT molecular complexity index is 636. The fourth-order valence-corrected chi connectivity index (χ4v) is 3.24. The van der Waals surface area contributed by atoms with E-state index in [1.54, 1.807) is 4.68 Å². The molecule has 2 aromatic rings. The van der Waals surface area contributed by atoms with E-state index in [1.165, 1.54) is 0 Å². The number of aliphatic hydroxyl groups is 1. The fraction of sp³-hybridized carbons (Fsp3) is 0.471. The zero-order valence-electron chi connectivity index (χ0n) is 13.5. The van der Waals surface area contributed by atoms with E-state index in [9.17, 15) is 0 Å². The molecule has 0 saturated carbocycles. The molecule has 1 N–H and O–H groups in total. The minimum atomic E-state index is 0.229. The third kappa shape index (κ3) is 3.75. The van der Waals surface area contributed by atoms with E-state index >= 15 is 0 Å². The van der Waals surface area contributed by atoms with Crippen molar-refractivity contribution in [3.05, 3.63) is 41.0 Å². The third-order valence-electron chi connectivity index (χ3n) is 4.38. The maximum atomic E-state index is 9.04. The number of β-amino-alcohol motifs (C(OH)–C–C–N with tert-alkyl or cyclic N) is 1. The first-order valence-electron chi connectivity index (χ1n) is 8.01. The molecule has 5 nitrogen and oxygen atoms in total. The van der Waals surface area contributed by atoms with Crippen molar-refractivity contribution in [1.82, 2.24) is 19.6 Å². The van der Waals surface area contributed by atoms with Crippen LogP contribution in [-0.2, 0) is 13.6 Å². The SMILES string of the molecule is Cn1nc(-c2ccccc2)c(CN2CCN(CCO)CC2)c1Cl. The predicted molar refractivity (Wildman–Crippen MR) is 92.5 cm³/mol. The van der Waals surface area contributed by atoms with Gasteiger partial charge in [-0.1, -0.05) is 41.9 Å². The molecule has 0 amide bonds. The van der Waals surface area contributed by atoms with Gasteiger partial charge in [0.15, 0.2) is 0 Å². The van der Waals surface area contributed by atoms with Crippen LogP contribution in [0.3, 0.4) is 0 Å². The van der Waals surface area contributed by atoms with Crippen molar-refractivity contribution in [2.45, 2.75) is 6.54 Å². The molecule has 0 unspecified atom stereocenters. The van der Waals surface area contributed by atoms with Gasteiger partial charge in [0.2, 0.25) is 0 Å². The van der Waals surface area contributed by atoms with Gasteiger partial charge in [-0.3, -0.25) is 14.5 Å². The Morgan fingerprint density at radius 2 is 1.74 bits per heavy atom. The molecule has 0 bridgehead atoms. The van der Waals surface area contributed by atoms with Crippen LogP contribution in [0.2, 0.25) is 5.15 Å². The summed E-state index contributed by atoms with van der Waals surface area (Å²) in [6.45, 7) is 5.74. The molecule has 2 heterocycles. The number of piperazine rings is 1. The molecular formula is C17H23ClN4O. The highest BCUT2D eigenvalue weighted by Gasteiger charge is 2.22. The van der Waals surface area contributed by atoms with Gasteiger partial charge in [-0.15, -0.1) is 0 Å². The maximum Gasteiger partial charge on any atom is 0.131 e. The Labute approximate surface area is 142 Å². The Hall–Kier alpha value is -1.40. The van der Waals surface area contributed by atoms with Crippen LogP contribution >= 0.6 is 11.6 Å². The van der Waals surface area contributed by atoms with Crippen LogP contribution in [0.4, 0.5) is 0 Å². The molecule has 1 fully saturated rings. The Balaban J connectivity index is 1.76. The Kier molecular flexibility index (Phi) is 5.33. The zero-order valence-corrected chi connectivity index (χ0v) is 14.2. The summed E-state index contributed by atoms with van der Waals surface area (Å²) in [6, 6.07) is 10.2. The first kappa shape index (κ1) is 16.5. The predicted octanol–water partition coefficient (Wildman–Crippen LogP) is 1.85. The second kappa shape index (κ2) is 7.45. The molecule has 0 aliphatic carbocycles. The molecular weight excluding hydrogens is 312 g/mol. The zero-order chi connectivity index (χ0) is 16.2. The van der Waals surface area contributed by atoms with E-state index in [0.717, 1.165) is 56.1 Å². The second-order valence-corrected chi connectivity index (χ2v) is 6.31. The molecule has 0 atom stereocenters. The van der Waals surface area contributed by atoms with E-state index < -0.39 is 0 Å². The van der Waals surface area contributed by atoms with Crippen LogP contribution in [0, 0.1) is 0 Å². The molecule has 3 rings (SSSR count). The van der Waals surface area contributed by atoms with Gasteiger partial charge in [0.05, 0.1) is 12.3 Å². The van der Waals surface area contributed by atoms with Crippen LogP contribution in [-0.4, -0.2) is 64.0 Å². The molecule has 6 heteroatoms. The highest BCUT2D eigenvalue weighted by atomic mass is 35.5. The minimum Gasteiger partial charge on any atom is -0.395 e. The van der Waals surface area contributed by atoms with Gasteiger partial charge in [-0.2, -0.15) is 5.10 Å². The lowest BCUT2D eigenvalue weighted by Crippen LogP contribution is -2.46. The summed E-state index contributed by atoms with van der Waals surface area (Å²) in [5.41, 5.74) is 3.16. The fourth-order valence-electron chi connectivity index (χ4n) is 3.05. The summed E-state index contributed by atoms with van der Waals surface area (Å²) >= 11 is 6.49. The van der Waals surface area contributed by atoms with E-state index in [4.69, 9.17) is 16.7 Å². The lowest BCUT2D eigenvalue weighted by Gasteiger charge is -2.34. The maximum absolute atomic E-state index is 9.04. The number of aryl methyl sites for hydroxylation is 1. The summed E-state index contributed by atoms with van der Waals surface area (Å²) < 4.78 is 1.75. The van der Waals surface area contributed by atoms with E-state index in [2.05, 4.69) is 27.0 Å². The Morgan fingerprint density at radius 3 is 2.39 bits per heavy atom. The number of hydrogen-bond donors (Lipinski definition) is 1. The Morgan fingerprint density at radius 1 is 1.09 bits per heavy atom. The number of nitrogens with zero attached hydrogens (tertiary/aromatic N) is 4. The average molecular weight is 335 g/mol. The van der Waals surface area contributed by atoms with Crippen molar-refractivity contribution in [1.29, 1.82) is 0 Å². The van der Waals surface area contributed by atoms with Crippen molar-refractivity contribution in [2.24, 2.45) is 7.05 Å². The van der Waals surface area contributed by atoms with E-state index in [0.29, 0.717) is 5.15 Å². The van der Waals surface area contributed by atoms with Crippen LogP contribution in [0.1, 0.15) is 5.56 Å². The van der Waals surface area contributed by atoms with Crippen molar-refractivity contribution in [3.8, 4) is 11.3 Å². The summed E-state index contributed by atoms with van der Waals surface area (Å²) in [5.74, 6) is 0. The number of hydrogen-bond acceptors (Lipinski definition) is 4.